The van der Waals surface area contributed by atoms with E-state index in [1.807, 2.05) is 73.7 Å². The molecular weight excluding hydrogens is 1200 g/mol. The zero-order valence-corrected chi connectivity index (χ0v) is 61.8. The summed E-state index contributed by atoms with van der Waals surface area (Å²) in [6.45, 7) is 31.8. The predicted octanol–water partition coefficient (Wildman–Crippen LogP) is 24.3. The van der Waals surface area contributed by atoms with Crippen LogP contribution in [0.1, 0.15) is 258 Å². The number of rotatable bonds is 54. The summed E-state index contributed by atoms with van der Waals surface area (Å²) in [5.41, 5.74) is 2.11. The van der Waals surface area contributed by atoms with Gasteiger partial charge in [-0.1, -0.05) is 245 Å². The Labute approximate surface area is 537 Å². The molecule has 0 fully saturated rings. The molecule has 8 atom stereocenters. The smallest absolute Gasteiger partial charge is 0.373 e. The molecule has 8 unspecified atom stereocenters. The monoisotopic (exact) mass is 1310 g/mol. The van der Waals surface area contributed by atoms with Crippen LogP contribution in [-0.2, 0) is 26.6 Å². The average Bonchev–Trinajstić information content (AvgIpc) is 4.17. The summed E-state index contributed by atoms with van der Waals surface area (Å²) in [6, 6.07) is 18.6. The van der Waals surface area contributed by atoms with Gasteiger partial charge in [-0.05, 0) is 128 Å². The zero-order valence-electron chi connectivity index (χ0n) is 54.1. The van der Waals surface area contributed by atoms with Crippen LogP contribution >= 0.6 is 73.7 Å². The number of aromatic nitrogens is 2. The molecule has 0 N–H and O–H groups in total. The molecule has 2 aromatic heterocycles. The number of benzene rings is 2. The van der Waals surface area contributed by atoms with Crippen LogP contribution in [0.3, 0.4) is 0 Å². The fourth-order valence-electron chi connectivity index (χ4n) is 10.4. The minimum Gasteiger partial charge on any atom is -0.373 e. The second-order valence-electron chi connectivity index (χ2n) is 23.6. The van der Waals surface area contributed by atoms with E-state index in [9.17, 15) is 0 Å². The number of unbranched alkanes of at least 4 members (excludes halogenated alkanes) is 6. The molecule has 0 aliphatic rings. The second kappa shape index (κ2) is 45.4. The molecule has 0 saturated heterocycles. The van der Waals surface area contributed by atoms with Crippen molar-refractivity contribution in [1.82, 2.24) is 9.97 Å². The number of hydrogen-bond acceptors (Lipinski definition) is 15. The van der Waals surface area contributed by atoms with Gasteiger partial charge < -0.3 is 26.6 Å². The lowest BCUT2D eigenvalue weighted by molar-refractivity contribution is 0.0239. The highest BCUT2D eigenvalue weighted by Gasteiger charge is 2.48. The summed E-state index contributed by atoms with van der Waals surface area (Å²) in [7, 11) is 2.73. The van der Waals surface area contributed by atoms with Crippen LogP contribution in [0.4, 0.5) is 0 Å². The maximum Gasteiger partial charge on any atom is 0.502 e. The fraction of sp³-hybridized carbons (Fsp3) is 0.788. The van der Waals surface area contributed by atoms with Crippen molar-refractivity contribution in [2.45, 2.75) is 260 Å². The van der Waals surface area contributed by atoms with Crippen molar-refractivity contribution in [2.24, 2.45) is 35.5 Å². The third-order valence-electron chi connectivity index (χ3n) is 16.9. The third kappa shape index (κ3) is 28.5. The molecule has 0 saturated carbocycles. The van der Waals surface area contributed by atoms with E-state index in [0.717, 1.165) is 98.1 Å². The van der Waals surface area contributed by atoms with Gasteiger partial charge >= 0.3 is 17.6 Å². The Hall–Kier alpha value is 0.164. The molecule has 0 amide bonds. The van der Waals surface area contributed by atoms with Gasteiger partial charge in [0, 0.05) is 51.7 Å². The molecule has 0 aliphatic heterocycles. The van der Waals surface area contributed by atoms with Gasteiger partial charge in [0.15, 0.2) is 0 Å². The van der Waals surface area contributed by atoms with Crippen LogP contribution in [0.5, 0.6) is 0 Å². The molecular formula is C66H116N2O6S7Si2. The Balaban J connectivity index is 1.77. The van der Waals surface area contributed by atoms with Gasteiger partial charge in [-0.3, -0.25) is 0 Å². The first-order valence-electron chi connectivity index (χ1n) is 33.4. The van der Waals surface area contributed by atoms with E-state index in [2.05, 4.69) is 132 Å². The summed E-state index contributed by atoms with van der Waals surface area (Å²) in [5, 5.41) is 2.24. The molecule has 4 rings (SSSR count). The number of nitrogens with zero attached hydrogens (tertiary/aromatic N) is 2. The Kier molecular flexibility index (Phi) is 41.4. The second-order valence-corrected chi connectivity index (χ2v) is 38.9. The van der Waals surface area contributed by atoms with Crippen molar-refractivity contribution < 1.29 is 26.6 Å². The van der Waals surface area contributed by atoms with E-state index < -0.39 is 17.6 Å². The van der Waals surface area contributed by atoms with Crippen LogP contribution in [-0.4, -0.2) is 67.2 Å². The van der Waals surface area contributed by atoms with Gasteiger partial charge in [-0.25, -0.2) is 9.97 Å². The van der Waals surface area contributed by atoms with E-state index in [0.29, 0.717) is 87.2 Å². The maximum absolute atomic E-state index is 7.46. The average molecular weight is 1310 g/mol. The van der Waals surface area contributed by atoms with Crippen molar-refractivity contribution in [3.63, 3.8) is 0 Å². The highest BCUT2D eigenvalue weighted by molar-refractivity contribution is 9.35. The van der Waals surface area contributed by atoms with Gasteiger partial charge in [0.2, 0.25) is 0 Å². The van der Waals surface area contributed by atoms with Crippen molar-refractivity contribution in [3.05, 3.63) is 58.5 Å². The van der Waals surface area contributed by atoms with E-state index in [1.54, 1.807) is 0 Å². The molecule has 0 radical (unpaired) electrons. The number of para-hydroxylation sites is 2. The largest absolute Gasteiger partial charge is 0.502 e. The van der Waals surface area contributed by atoms with Crippen LogP contribution in [0.2, 0.25) is 12.1 Å². The van der Waals surface area contributed by atoms with Crippen molar-refractivity contribution in [2.75, 3.05) is 39.6 Å². The van der Waals surface area contributed by atoms with E-state index in [-0.39, 0.29) is 10.5 Å². The molecule has 0 aliphatic carbocycles. The predicted molar refractivity (Wildman–Crippen MR) is 379 cm³/mol. The van der Waals surface area contributed by atoms with E-state index >= 15 is 0 Å². The lowest BCUT2D eigenvalue weighted by Gasteiger charge is -2.35. The maximum atomic E-state index is 7.46. The first-order chi connectivity index (χ1) is 40.5. The van der Waals surface area contributed by atoms with E-state index in [1.165, 1.54) is 86.4 Å². The molecule has 2 aromatic carbocycles. The lowest BCUT2D eigenvalue weighted by atomic mass is 10.0. The number of fused-ring (bicyclic) bond motifs is 2. The molecule has 8 nitrogen and oxygen atoms in total. The van der Waals surface area contributed by atoms with Gasteiger partial charge in [0.25, 0.3) is 0 Å². The highest BCUT2D eigenvalue weighted by Crippen LogP contribution is 2.59. The summed E-state index contributed by atoms with van der Waals surface area (Å²) in [4.78, 5) is 10.8. The van der Waals surface area contributed by atoms with Crippen LogP contribution in [0.25, 0.3) is 20.4 Å². The standard InChI is InChI=1S/C66H116N2O6S7Si2/c1-13-25-35-53(19-7)45-69-82(70-46-54(20-8)36-26-14-2,71-47-55(21-9)37-27-15-3)51-63(65-67-59-41-31-33-43-61(59)75-65)77-79-81-80-78-64(66-68-60-42-32-34-44-62(60)76-66)52-83(72-48-56(22-10)38-28-16-4,73-49-57(23-11)39-29-17-5)74-50-58(24-12)40-30-18-6/h31-34,41-44,53-58,63-64H,13-30,35-40,45-52H2,1-12H3. The Morgan fingerprint density at radius 2 is 0.614 bits per heavy atom. The SMILES string of the molecule is CCCCC(CC)CO[Si](CC(SSSSSC(C[Si](OCC(CC)CCCC)(OCC(CC)CCCC)OCC(CC)CCCC)c1nc2ccccc2s1)c1nc2ccccc2s1)(OCC(CC)CCCC)OCC(CC)CCCC. The van der Waals surface area contributed by atoms with Crippen LogP contribution in [0, 0.1) is 35.5 Å². The summed E-state index contributed by atoms with van der Waals surface area (Å²) in [5.74, 6) is 2.80. The zero-order chi connectivity index (χ0) is 60.0. The lowest BCUT2D eigenvalue weighted by Crippen LogP contribution is -2.49. The van der Waals surface area contributed by atoms with Crippen molar-refractivity contribution in [3.8, 4) is 0 Å². The molecule has 4 aromatic rings. The molecule has 476 valence electrons. The van der Waals surface area contributed by atoms with Gasteiger partial charge in [0.1, 0.15) is 10.0 Å². The number of thiazole rings is 2. The summed E-state index contributed by atoms with van der Waals surface area (Å²) >= 11 is 3.64. The fourth-order valence-corrected chi connectivity index (χ4v) is 30.6. The van der Waals surface area contributed by atoms with Crippen molar-refractivity contribution in [1.29, 1.82) is 0 Å². The number of hydrogen-bond donors (Lipinski definition) is 0. The van der Waals surface area contributed by atoms with Crippen LogP contribution in [0.15, 0.2) is 48.5 Å². The Morgan fingerprint density at radius 3 is 0.843 bits per heavy atom. The first-order valence-corrected chi connectivity index (χ1v) is 45.2. The molecule has 2 heterocycles. The topological polar surface area (TPSA) is 81.2 Å². The molecule has 0 bridgehead atoms. The van der Waals surface area contributed by atoms with E-state index in [4.69, 9.17) is 36.5 Å². The van der Waals surface area contributed by atoms with Crippen molar-refractivity contribution >= 4 is 112 Å². The van der Waals surface area contributed by atoms with Gasteiger partial charge in [-0.2, -0.15) is 0 Å². The molecule has 17 heteroatoms. The molecule has 83 heavy (non-hydrogen) atoms. The highest BCUT2D eigenvalue weighted by atomic mass is 33.8. The Bertz CT molecular complexity index is 1900. The van der Waals surface area contributed by atoms with Gasteiger partial charge in [-0.15, -0.1) is 22.7 Å². The summed E-state index contributed by atoms with van der Waals surface area (Å²) < 4.78 is 47.2. The quantitative estimate of drug-likeness (QED) is 0.0239. The first kappa shape index (κ1) is 75.6. The van der Waals surface area contributed by atoms with Gasteiger partial charge in [0.05, 0.1) is 30.9 Å². The minimum absolute atomic E-state index is 0.00250. The summed E-state index contributed by atoms with van der Waals surface area (Å²) in [6.07, 6.45) is 27.9. The Morgan fingerprint density at radius 1 is 0.361 bits per heavy atom. The normalized spacial score (nSPS) is 16.6. The molecule has 0 spiro atoms. The third-order valence-corrected chi connectivity index (χ3v) is 34.7. The minimum atomic E-state index is -3.33. The van der Waals surface area contributed by atoms with Crippen LogP contribution < -0.4 is 0 Å².